The largest absolute Gasteiger partial charge is 0.508 e. The Hall–Kier alpha value is -4.20. The first kappa shape index (κ1) is 21.5. The normalized spacial score (nSPS) is 10.3. The molecule has 0 aromatic heterocycles. The van der Waals surface area contributed by atoms with Gasteiger partial charge in [-0.1, -0.05) is 36.4 Å². The van der Waals surface area contributed by atoms with Gasteiger partial charge in [0.2, 0.25) is 0 Å². The second kappa shape index (κ2) is 10.0. The van der Waals surface area contributed by atoms with Gasteiger partial charge >= 0.3 is 0 Å². The molecule has 0 unspecified atom stereocenters. The Kier molecular flexibility index (Phi) is 6.95. The van der Waals surface area contributed by atoms with Gasteiger partial charge in [-0.15, -0.1) is 0 Å². The zero-order valence-corrected chi connectivity index (χ0v) is 16.6. The minimum atomic E-state index is -0.534. The van der Waals surface area contributed by atoms with Crippen molar-refractivity contribution in [2.45, 2.75) is 6.42 Å². The van der Waals surface area contributed by atoms with Crippen molar-refractivity contribution in [3.8, 4) is 5.75 Å². The maximum atomic E-state index is 12.5. The molecule has 0 spiro atoms. The molecule has 0 saturated carbocycles. The molecule has 1 amide bonds. The minimum Gasteiger partial charge on any atom is -0.508 e. The number of nitro benzene ring substituents is 1. The summed E-state index contributed by atoms with van der Waals surface area (Å²) in [6.07, 6.45) is 0.520. The van der Waals surface area contributed by atoms with Crippen LogP contribution in [0.5, 0.6) is 5.75 Å². The molecule has 0 aliphatic rings. The number of phenolic OH excluding ortho intramolecular Hbond substituents is 1. The Labute approximate surface area is 178 Å². The molecule has 0 aliphatic heterocycles. The van der Waals surface area contributed by atoms with Crippen LogP contribution in [0.25, 0.3) is 0 Å². The van der Waals surface area contributed by atoms with Gasteiger partial charge in [-0.25, -0.2) is 0 Å². The van der Waals surface area contributed by atoms with Crippen LogP contribution in [-0.2, 0) is 0 Å². The lowest BCUT2D eigenvalue weighted by atomic mass is 10.0. The van der Waals surface area contributed by atoms with Gasteiger partial charge < -0.3 is 15.7 Å². The van der Waals surface area contributed by atoms with E-state index in [4.69, 9.17) is 0 Å². The van der Waals surface area contributed by atoms with E-state index in [2.05, 4.69) is 10.6 Å². The lowest BCUT2D eigenvalue weighted by Crippen LogP contribution is -2.25. The second-order valence-corrected chi connectivity index (χ2v) is 6.77. The van der Waals surface area contributed by atoms with E-state index < -0.39 is 4.92 Å². The summed E-state index contributed by atoms with van der Waals surface area (Å²) in [5.74, 6) is -0.591. The molecule has 8 nitrogen and oxygen atoms in total. The molecular formula is C23H21N3O5. The first-order valence-electron chi connectivity index (χ1n) is 9.65. The number of phenols is 1. The molecule has 158 valence electrons. The van der Waals surface area contributed by atoms with E-state index in [0.29, 0.717) is 36.3 Å². The summed E-state index contributed by atoms with van der Waals surface area (Å²) < 4.78 is 0. The summed E-state index contributed by atoms with van der Waals surface area (Å²) in [5, 5.41) is 26.6. The van der Waals surface area contributed by atoms with Crippen molar-refractivity contribution in [3.63, 3.8) is 0 Å². The zero-order valence-electron chi connectivity index (χ0n) is 16.6. The van der Waals surface area contributed by atoms with E-state index in [9.17, 15) is 24.8 Å². The van der Waals surface area contributed by atoms with Crippen LogP contribution in [0.4, 0.5) is 11.4 Å². The lowest BCUT2D eigenvalue weighted by molar-refractivity contribution is -0.384. The third kappa shape index (κ3) is 5.66. The summed E-state index contributed by atoms with van der Waals surface area (Å²) in [4.78, 5) is 35.5. The maximum Gasteiger partial charge on any atom is 0.293 e. The first-order chi connectivity index (χ1) is 15.0. The van der Waals surface area contributed by atoms with Crippen LogP contribution >= 0.6 is 0 Å². The van der Waals surface area contributed by atoms with Crippen LogP contribution < -0.4 is 10.6 Å². The molecule has 0 fully saturated rings. The van der Waals surface area contributed by atoms with E-state index in [-0.39, 0.29) is 28.7 Å². The van der Waals surface area contributed by atoms with E-state index in [0.717, 1.165) is 0 Å². The molecule has 0 atom stereocenters. The van der Waals surface area contributed by atoms with Crippen molar-refractivity contribution < 1.29 is 19.6 Å². The summed E-state index contributed by atoms with van der Waals surface area (Å²) >= 11 is 0. The summed E-state index contributed by atoms with van der Waals surface area (Å²) in [6.45, 7) is 0.729. The van der Waals surface area contributed by atoms with Crippen molar-refractivity contribution in [2.75, 3.05) is 18.4 Å². The van der Waals surface area contributed by atoms with Crippen LogP contribution in [0.3, 0.4) is 0 Å². The molecule has 3 rings (SSSR count). The number of rotatable bonds is 9. The van der Waals surface area contributed by atoms with Crippen molar-refractivity contribution in [1.82, 2.24) is 5.32 Å². The van der Waals surface area contributed by atoms with E-state index in [1.54, 1.807) is 48.5 Å². The quantitative estimate of drug-likeness (QED) is 0.210. The van der Waals surface area contributed by atoms with Gasteiger partial charge in [0.1, 0.15) is 11.4 Å². The number of amides is 1. The van der Waals surface area contributed by atoms with Crippen LogP contribution in [0.2, 0.25) is 0 Å². The molecule has 31 heavy (non-hydrogen) atoms. The minimum absolute atomic E-state index is 0.0100. The van der Waals surface area contributed by atoms with Crippen molar-refractivity contribution in [2.24, 2.45) is 0 Å². The Morgan fingerprint density at radius 1 is 0.871 bits per heavy atom. The molecule has 0 saturated heterocycles. The van der Waals surface area contributed by atoms with Gasteiger partial charge in [0.15, 0.2) is 5.78 Å². The van der Waals surface area contributed by atoms with Crippen molar-refractivity contribution in [1.29, 1.82) is 0 Å². The van der Waals surface area contributed by atoms with E-state index in [1.165, 1.54) is 24.3 Å². The molecule has 0 aliphatic carbocycles. The fraction of sp³-hybridized carbons (Fsp3) is 0.130. The monoisotopic (exact) mass is 419 g/mol. The van der Waals surface area contributed by atoms with Gasteiger partial charge in [-0.2, -0.15) is 0 Å². The highest BCUT2D eigenvalue weighted by Gasteiger charge is 2.18. The molecule has 3 N–H and O–H groups in total. The number of aromatic hydroxyl groups is 1. The highest BCUT2D eigenvalue weighted by Crippen LogP contribution is 2.26. The number of benzene rings is 3. The van der Waals surface area contributed by atoms with Gasteiger partial charge in [-0.3, -0.25) is 19.7 Å². The summed E-state index contributed by atoms with van der Waals surface area (Å²) in [5.41, 5.74) is 1.16. The Morgan fingerprint density at radius 3 is 2.32 bits per heavy atom. The number of hydrogen-bond acceptors (Lipinski definition) is 6. The van der Waals surface area contributed by atoms with E-state index >= 15 is 0 Å². The highest BCUT2D eigenvalue weighted by atomic mass is 16.6. The number of anilines is 1. The third-order valence-corrected chi connectivity index (χ3v) is 4.56. The number of nitro groups is 1. The number of carbonyl (C=O) groups excluding carboxylic acids is 2. The first-order valence-corrected chi connectivity index (χ1v) is 9.65. The zero-order chi connectivity index (χ0) is 22.2. The standard InChI is InChI=1S/C23H21N3O5/c27-19-9-4-8-18(14-19)23(29)25-13-5-12-24-20-11-10-17(15-21(20)26(30)31)22(28)16-6-2-1-3-7-16/h1-4,6-11,14-15,24,27H,5,12-13H2,(H,25,29). The number of carbonyl (C=O) groups is 2. The molecule has 3 aromatic rings. The second-order valence-electron chi connectivity index (χ2n) is 6.77. The number of nitrogens with one attached hydrogen (secondary N) is 2. The molecule has 8 heteroatoms. The van der Waals surface area contributed by atoms with Crippen LogP contribution in [0.1, 0.15) is 32.7 Å². The third-order valence-electron chi connectivity index (χ3n) is 4.56. The van der Waals surface area contributed by atoms with Gasteiger partial charge in [0.05, 0.1) is 4.92 Å². The van der Waals surface area contributed by atoms with Gasteiger partial charge in [-0.05, 0) is 36.8 Å². The average molecular weight is 419 g/mol. The van der Waals surface area contributed by atoms with Gasteiger partial charge in [0.25, 0.3) is 11.6 Å². The Balaban J connectivity index is 1.57. The predicted octanol–water partition coefficient (Wildman–Crippen LogP) is 3.76. The fourth-order valence-corrected chi connectivity index (χ4v) is 2.99. The van der Waals surface area contributed by atoms with E-state index in [1.807, 2.05) is 0 Å². The fourth-order valence-electron chi connectivity index (χ4n) is 2.99. The predicted molar refractivity (Wildman–Crippen MR) is 117 cm³/mol. The topological polar surface area (TPSA) is 122 Å². The molecule has 3 aromatic carbocycles. The van der Waals surface area contributed by atoms with Crippen LogP contribution in [0.15, 0.2) is 72.8 Å². The maximum absolute atomic E-state index is 12.5. The number of hydrogen-bond donors (Lipinski definition) is 3. The Bertz CT molecular complexity index is 1100. The highest BCUT2D eigenvalue weighted by molar-refractivity contribution is 6.09. The lowest BCUT2D eigenvalue weighted by Gasteiger charge is -2.09. The summed E-state index contributed by atoms with van der Waals surface area (Å²) in [7, 11) is 0. The average Bonchev–Trinajstić information content (AvgIpc) is 2.78. The molecular weight excluding hydrogens is 398 g/mol. The van der Waals surface area contributed by atoms with Crippen molar-refractivity contribution in [3.05, 3.63) is 99.6 Å². The summed E-state index contributed by atoms with van der Waals surface area (Å²) in [6, 6.07) is 18.9. The number of ketones is 1. The molecule has 0 radical (unpaired) electrons. The van der Waals surface area contributed by atoms with Crippen LogP contribution in [-0.4, -0.2) is 34.8 Å². The van der Waals surface area contributed by atoms with Crippen LogP contribution in [0, 0.1) is 10.1 Å². The van der Waals surface area contributed by atoms with Crippen molar-refractivity contribution >= 4 is 23.1 Å². The van der Waals surface area contributed by atoms with Gasteiger partial charge in [0, 0.05) is 35.8 Å². The smallest absolute Gasteiger partial charge is 0.293 e. The molecule has 0 bridgehead atoms. The SMILES string of the molecule is O=C(NCCCNc1ccc(C(=O)c2ccccc2)cc1[N+](=O)[O-])c1cccc(O)c1. The molecule has 0 heterocycles. The number of nitrogens with zero attached hydrogens (tertiary/aromatic N) is 1. The Morgan fingerprint density at radius 2 is 1.61 bits per heavy atom.